The third kappa shape index (κ3) is 3.11. The average Bonchev–Trinajstić information content (AvgIpc) is 3.17. The molecule has 1 aromatic carbocycles. The number of aromatic amines is 1. The molecule has 0 radical (unpaired) electrons. The Hall–Kier alpha value is -2.71. The largest absolute Gasteiger partial charge is 0.346 e. The summed E-state index contributed by atoms with van der Waals surface area (Å²) in [4.78, 5) is 33.7. The van der Waals surface area contributed by atoms with Gasteiger partial charge in [0.05, 0.1) is 18.4 Å². The van der Waals surface area contributed by atoms with Crippen LogP contribution in [0.2, 0.25) is 5.02 Å². The first kappa shape index (κ1) is 17.7. The highest BCUT2D eigenvalue weighted by Gasteiger charge is 2.35. The first-order chi connectivity index (χ1) is 13.0. The fraction of sp³-hybridized carbons (Fsp3) is 0.333. The lowest BCUT2D eigenvalue weighted by molar-refractivity contribution is 0.0923. The van der Waals surface area contributed by atoms with Gasteiger partial charge < -0.3 is 10.3 Å². The number of hydrogen-bond acceptors (Lipinski definition) is 5. The maximum Gasteiger partial charge on any atom is 0.276 e. The van der Waals surface area contributed by atoms with Crippen LogP contribution in [-0.4, -0.2) is 50.2 Å². The van der Waals surface area contributed by atoms with Gasteiger partial charge in [0.15, 0.2) is 11.2 Å². The van der Waals surface area contributed by atoms with Gasteiger partial charge in [0.2, 0.25) is 0 Å². The highest BCUT2D eigenvalue weighted by molar-refractivity contribution is 6.30. The predicted octanol–water partition coefficient (Wildman–Crippen LogP) is 1.49. The van der Waals surface area contributed by atoms with E-state index in [9.17, 15) is 9.59 Å². The highest BCUT2D eigenvalue weighted by Crippen LogP contribution is 2.31. The molecule has 1 saturated heterocycles. The van der Waals surface area contributed by atoms with Crippen molar-refractivity contribution in [3.05, 3.63) is 57.2 Å². The molecule has 1 aliphatic rings. The minimum absolute atomic E-state index is 0.0394. The molecule has 8 nitrogen and oxygen atoms in total. The minimum Gasteiger partial charge on any atom is -0.346 e. The van der Waals surface area contributed by atoms with Crippen molar-refractivity contribution in [2.75, 3.05) is 13.6 Å². The second-order valence-corrected chi connectivity index (χ2v) is 7.18. The number of nitrogens with one attached hydrogen (secondary N) is 2. The van der Waals surface area contributed by atoms with E-state index in [1.54, 1.807) is 7.05 Å². The van der Waals surface area contributed by atoms with Gasteiger partial charge in [0.25, 0.3) is 11.5 Å². The number of likely N-dealkylation sites (tertiary alicyclic amines) is 1. The lowest BCUT2D eigenvalue weighted by Crippen LogP contribution is -2.39. The van der Waals surface area contributed by atoms with Gasteiger partial charge in [-0.25, -0.2) is 4.98 Å². The molecular weight excluding hydrogens is 368 g/mol. The van der Waals surface area contributed by atoms with Gasteiger partial charge in [-0.2, -0.15) is 5.10 Å². The molecule has 9 heteroatoms. The summed E-state index contributed by atoms with van der Waals surface area (Å²) in [5.74, 6) is -0.335. The second-order valence-electron chi connectivity index (χ2n) is 6.75. The van der Waals surface area contributed by atoms with Crippen molar-refractivity contribution in [2.24, 2.45) is 7.05 Å². The van der Waals surface area contributed by atoms with E-state index in [1.165, 1.54) is 11.0 Å². The summed E-state index contributed by atoms with van der Waals surface area (Å²) < 4.78 is 1.38. The summed E-state index contributed by atoms with van der Waals surface area (Å²) in [6.45, 7) is 0.860. The van der Waals surface area contributed by atoms with Crippen LogP contribution < -0.4 is 10.9 Å². The summed E-state index contributed by atoms with van der Waals surface area (Å²) in [5, 5.41) is 7.96. The van der Waals surface area contributed by atoms with E-state index in [2.05, 4.69) is 25.3 Å². The van der Waals surface area contributed by atoms with Crippen molar-refractivity contribution < 1.29 is 4.79 Å². The standard InChI is InChI=1S/C18H19ClN6O2/c1-24-8-7-12(15(24)10-3-5-11(19)6-4-10)22-17(26)14-13-16(25(2)23-14)18(27)21-9-20-13/h3-6,9,12,15H,7-8H2,1-2H3,(H,22,26)(H,20,21,27)/t12-,15+/m1/s1. The molecule has 2 N–H and O–H groups in total. The molecule has 0 unspecified atom stereocenters. The third-order valence-corrected chi connectivity index (χ3v) is 5.27. The van der Waals surface area contributed by atoms with Gasteiger partial charge in [0, 0.05) is 18.6 Å². The molecule has 3 heterocycles. The van der Waals surface area contributed by atoms with Crippen molar-refractivity contribution in [3.63, 3.8) is 0 Å². The fourth-order valence-corrected chi connectivity index (χ4v) is 3.87. The number of halogens is 1. The average molecular weight is 387 g/mol. The van der Waals surface area contributed by atoms with Crippen LogP contribution in [0.4, 0.5) is 0 Å². The molecular formula is C18H19ClN6O2. The normalized spacial score (nSPS) is 20.3. The number of fused-ring (bicyclic) bond motifs is 1. The van der Waals surface area contributed by atoms with Crippen molar-refractivity contribution >= 4 is 28.5 Å². The van der Waals surface area contributed by atoms with Crippen LogP contribution in [0.5, 0.6) is 0 Å². The van der Waals surface area contributed by atoms with Crippen LogP contribution in [0.25, 0.3) is 11.0 Å². The Bertz CT molecular complexity index is 1060. The molecule has 0 bridgehead atoms. The fourth-order valence-electron chi connectivity index (χ4n) is 3.75. The van der Waals surface area contributed by atoms with Crippen LogP contribution in [0, 0.1) is 0 Å². The number of carbonyl (C=O) groups is 1. The number of amides is 1. The van der Waals surface area contributed by atoms with Crippen molar-refractivity contribution in [3.8, 4) is 0 Å². The number of likely N-dealkylation sites (N-methyl/N-ethyl adjacent to an activating group) is 1. The summed E-state index contributed by atoms with van der Waals surface area (Å²) >= 11 is 6.00. The van der Waals surface area contributed by atoms with Crippen LogP contribution in [0.1, 0.15) is 28.5 Å². The summed E-state index contributed by atoms with van der Waals surface area (Å²) in [6.07, 6.45) is 2.09. The smallest absolute Gasteiger partial charge is 0.276 e. The zero-order valence-corrected chi connectivity index (χ0v) is 15.7. The maximum absolute atomic E-state index is 12.9. The molecule has 1 fully saturated rings. The van der Waals surface area contributed by atoms with E-state index >= 15 is 0 Å². The lowest BCUT2D eigenvalue weighted by atomic mass is 10.00. The molecule has 4 rings (SSSR count). The Balaban J connectivity index is 1.63. The van der Waals surface area contributed by atoms with Crippen molar-refractivity contribution in [1.29, 1.82) is 0 Å². The first-order valence-electron chi connectivity index (χ1n) is 8.62. The quantitative estimate of drug-likeness (QED) is 0.711. The lowest BCUT2D eigenvalue weighted by Gasteiger charge is -2.26. The molecule has 2 aromatic heterocycles. The van der Waals surface area contributed by atoms with E-state index in [0.29, 0.717) is 10.5 Å². The van der Waals surface area contributed by atoms with E-state index in [0.717, 1.165) is 18.5 Å². The zero-order valence-electron chi connectivity index (χ0n) is 14.9. The zero-order chi connectivity index (χ0) is 19.1. The summed E-state index contributed by atoms with van der Waals surface area (Å²) in [7, 11) is 3.65. The Morgan fingerprint density at radius 3 is 2.78 bits per heavy atom. The SMILES string of the molecule is CN1CC[C@@H](NC(=O)c2nn(C)c3c(=O)[nH]cnc23)[C@@H]1c1ccc(Cl)cc1. The Kier molecular flexibility index (Phi) is 4.45. The molecule has 0 saturated carbocycles. The Labute approximate surface area is 160 Å². The van der Waals surface area contributed by atoms with E-state index in [4.69, 9.17) is 11.6 Å². The number of carbonyl (C=O) groups excluding carboxylic acids is 1. The summed E-state index contributed by atoms with van der Waals surface area (Å²) in [6, 6.07) is 7.62. The topological polar surface area (TPSA) is 95.9 Å². The van der Waals surface area contributed by atoms with Gasteiger partial charge >= 0.3 is 0 Å². The molecule has 3 aromatic rings. The third-order valence-electron chi connectivity index (χ3n) is 5.02. The Morgan fingerprint density at radius 1 is 1.30 bits per heavy atom. The van der Waals surface area contributed by atoms with Gasteiger partial charge in [-0.3, -0.25) is 19.2 Å². The molecule has 0 spiro atoms. The predicted molar refractivity (Wildman–Crippen MR) is 102 cm³/mol. The van der Waals surface area contributed by atoms with Crippen LogP contribution in [0.3, 0.4) is 0 Å². The van der Waals surface area contributed by atoms with Gasteiger partial charge in [-0.1, -0.05) is 23.7 Å². The number of benzene rings is 1. The first-order valence-corrected chi connectivity index (χ1v) is 9.00. The number of aromatic nitrogens is 4. The van der Waals surface area contributed by atoms with Gasteiger partial charge in [0.1, 0.15) is 5.52 Å². The molecule has 1 aliphatic heterocycles. The van der Waals surface area contributed by atoms with Crippen LogP contribution in [0.15, 0.2) is 35.4 Å². The van der Waals surface area contributed by atoms with E-state index in [-0.39, 0.29) is 34.8 Å². The van der Waals surface area contributed by atoms with Crippen LogP contribution >= 0.6 is 11.6 Å². The minimum atomic E-state index is -0.335. The van der Waals surface area contributed by atoms with E-state index in [1.807, 2.05) is 31.3 Å². The van der Waals surface area contributed by atoms with E-state index < -0.39 is 0 Å². The number of aryl methyl sites for hydroxylation is 1. The highest BCUT2D eigenvalue weighted by atomic mass is 35.5. The summed E-state index contributed by atoms with van der Waals surface area (Å²) in [5.41, 5.74) is 1.50. The van der Waals surface area contributed by atoms with Gasteiger partial charge in [-0.05, 0) is 31.2 Å². The van der Waals surface area contributed by atoms with Crippen molar-refractivity contribution in [2.45, 2.75) is 18.5 Å². The maximum atomic E-state index is 12.9. The number of H-pyrrole nitrogens is 1. The second kappa shape index (κ2) is 6.79. The monoisotopic (exact) mass is 386 g/mol. The number of hydrogen-bond donors (Lipinski definition) is 2. The number of rotatable bonds is 3. The molecule has 27 heavy (non-hydrogen) atoms. The molecule has 2 atom stereocenters. The number of nitrogens with zero attached hydrogens (tertiary/aromatic N) is 4. The van der Waals surface area contributed by atoms with Crippen LogP contribution in [-0.2, 0) is 7.05 Å². The molecule has 140 valence electrons. The van der Waals surface area contributed by atoms with Gasteiger partial charge in [-0.15, -0.1) is 0 Å². The molecule has 0 aliphatic carbocycles. The van der Waals surface area contributed by atoms with Crippen molar-refractivity contribution in [1.82, 2.24) is 30.0 Å². The Morgan fingerprint density at radius 2 is 2.04 bits per heavy atom. The molecule has 1 amide bonds.